The molecule has 1 atom stereocenters. The fourth-order valence-electron chi connectivity index (χ4n) is 1.75. The highest BCUT2D eigenvalue weighted by Gasteiger charge is 2.04. The minimum absolute atomic E-state index is 0.458. The van der Waals surface area contributed by atoms with Crippen LogP contribution in [0.1, 0.15) is 42.5 Å². The molecule has 0 saturated heterocycles. The summed E-state index contributed by atoms with van der Waals surface area (Å²) in [4.78, 5) is 4.36. The third-order valence-electron chi connectivity index (χ3n) is 3.16. The van der Waals surface area contributed by atoms with E-state index < -0.39 is 0 Å². The Balaban J connectivity index is 1.92. The Morgan fingerprint density at radius 2 is 2.05 bits per heavy atom. The lowest BCUT2D eigenvalue weighted by atomic mass is 9.99. The van der Waals surface area contributed by atoms with Crippen LogP contribution in [0.4, 0.5) is 0 Å². The summed E-state index contributed by atoms with van der Waals surface area (Å²) in [6.45, 7) is 4.94. The van der Waals surface area contributed by atoms with Crippen molar-refractivity contribution < 1.29 is 4.74 Å². The van der Waals surface area contributed by atoms with Crippen molar-refractivity contribution in [3.63, 3.8) is 0 Å². The highest BCUT2D eigenvalue weighted by atomic mass is 35.5. The maximum absolute atomic E-state index is 5.72. The predicted octanol–water partition coefficient (Wildman–Crippen LogP) is 4.97. The Bertz CT molecular complexity index is 509. The van der Waals surface area contributed by atoms with Gasteiger partial charge in [0, 0.05) is 5.38 Å². The van der Waals surface area contributed by atoms with E-state index in [0.29, 0.717) is 18.4 Å². The Morgan fingerprint density at radius 3 is 2.63 bits per heavy atom. The minimum atomic E-state index is 0.458. The van der Waals surface area contributed by atoms with Gasteiger partial charge >= 0.3 is 0 Å². The summed E-state index contributed by atoms with van der Waals surface area (Å²) in [6.07, 6.45) is 1.15. The molecule has 2 aromatic rings. The summed E-state index contributed by atoms with van der Waals surface area (Å²) in [7, 11) is 0. The average Bonchev–Trinajstić information content (AvgIpc) is 2.93. The molecule has 0 aliphatic rings. The normalized spacial score (nSPS) is 12.4. The molecule has 0 aliphatic heterocycles. The predicted molar refractivity (Wildman–Crippen MR) is 81.2 cm³/mol. The van der Waals surface area contributed by atoms with Gasteiger partial charge in [0.15, 0.2) is 0 Å². The van der Waals surface area contributed by atoms with Gasteiger partial charge in [0.2, 0.25) is 0 Å². The van der Waals surface area contributed by atoms with Crippen LogP contribution in [0.5, 0.6) is 5.75 Å². The van der Waals surface area contributed by atoms with Gasteiger partial charge in [-0.2, -0.15) is 0 Å². The van der Waals surface area contributed by atoms with Crippen LogP contribution in [0, 0.1) is 0 Å². The summed E-state index contributed by atoms with van der Waals surface area (Å²) in [6, 6.07) is 8.32. The topological polar surface area (TPSA) is 22.1 Å². The first-order valence-corrected chi connectivity index (χ1v) is 7.86. The molecule has 0 N–H and O–H groups in total. The van der Waals surface area contributed by atoms with Crippen molar-refractivity contribution in [1.29, 1.82) is 0 Å². The van der Waals surface area contributed by atoms with E-state index in [4.69, 9.17) is 16.3 Å². The van der Waals surface area contributed by atoms with E-state index in [9.17, 15) is 0 Å². The van der Waals surface area contributed by atoms with Gasteiger partial charge < -0.3 is 4.74 Å². The van der Waals surface area contributed by atoms with Crippen molar-refractivity contribution in [2.24, 2.45) is 0 Å². The third kappa shape index (κ3) is 3.95. The number of alkyl halides is 1. The van der Waals surface area contributed by atoms with Gasteiger partial charge in [-0.25, -0.2) is 4.98 Å². The van der Waals surface area contributed by atoms with Gasteiger partial charge in [0.25, 0.3) is 0 Å². The van der Waals surface area contributed by atoms with Crippen LogP contribution in [0.3, 0.4) is 0 Å². The van der Waals surface area contributed by atoms with Gasteiger partial charge in [0.05, 0.1) is 11.6 Å². The molecule has 0 saturated carbocycles. The molecule has 0 fully saturated rings. The van der Waals surface area contributed by atoms with Crippen LogP contribution in [-0.2, 0) is 12.5 Å². The van der Waals surface area contributed by atoms with Gasteiger partial charge in [-0.15, -0.1) is 22.9 Å². The first-order chi connectivity index (χ1) is 9.22. The molecule has 1 aromatic carbocycles. The molecule has 1 aromatic heterocycles. The highest BCUT2D eigenvalue weighted by molar-refractivity contribution is 7.09. The fraction of sp³-hybridized carbons (Fsp3) is 0.400. The molecule has 4 heteroatoms. The second-order valence-corrected chi connectivity index (χ2v) is 5.74. The quantitative estimate of drug-likeness (QED) is 0.702. The molecular weight excluding hydrogens is 278 g/mol. The first kappa shape index (κ1) is 14.4. The first-order valence-electron chi connectivity index (χ1n) is 6.45. The monoisotopic (exact) mass is 295 g/mol. The Labute approximate surface area is 123 Å². The second kappa shape index (κ2) is 6.92. The van der Waals surface area contributed by atoms with Crippen LogP contribution < -0.4 is 4.74 Å². The van der Waals surface area contributed by atoms with Crippen LogP contribution in [0.2, 0.25) is 0 Å². The standard InChI is InChI=1S/C15H18ClNOS/c1-3-11(2)12-4-6-14(7-5-12)18-9-15-17-13(8-16)10-19-15/h4-7,10-11H,3,8-9H2,1-2H3. The lowest BCUT2D eigenvalue weighted by Crippen LogP contribution is -1.96. The molecule has 0 spiro atoms. The molecule has 0 aliphatic carbocycles. The number of nitrogens with zero attached hydrogens (tertiary/aromatic N) is 1. The van der Waals surface area contributed by atoms with Crippen molar-refractivity contribution in [3.05, 3.63) is 45.9 Å². The molecule has 1 heterocycles. The minimum Gasteiger partial charge on any atom is -0.486 e. The number of hydrogen-bond acceptors (Lipinski definition) is 3. The Kier molecular flexibility index (Phi) is 5.23. The number of aromatic nitrogens is 1. The summed E-state index contributed by atoms with van der Waals surface area (Å²) < 4.78 is 5.72. The van der Waals surface area contributed by atoms with E-state index in [1.807, 2.05) is 17.5 Å². The fourth-order valence-corrected chi connectivity index (χ4v) is 2.68. The number of rotatable bonds is 6. The van der Waals surface area contributed by atoms with Crippen LogP contribution >= 0.6 is 22.9 Å². The molecular formula is C15H18ClNOS. The number of thiazole rings is 1. The molecule has 19 heavy (non-hydrogen) atoms. The third-order valence-corrected chi connectivity index (χ3v) is 4.31. The average molecular weight is 296 g/mol. The van der Waals surface area contributed by atoms with Gasteiger partial charge in [-0.1, -0.05) is 26.0 Å². The van der Waals surface area contributed by atoms with Crippen molar-refractivity contribution in [2.45, 2.75) is 38.7 Å². The number of ether oxygens (including phenoxy) is 1. The SMILES string of the molecule is CCC(C)c1ccc(OCc2nc(CCl)cs2)cc1. The van der Waals surface area contributed by atoms with Crippen molar-refractivity contribution >= 4 is 22.9 Å². The lowest BCUT2D eigenvalue weighted by Gasteiger charge is -2.10. The summed E-state index contributed by atoms with van der Waals surface area (Å²) in [5, 5.41) is 2.93. The summed E-state index contributed by atoms with van der Waals surface area (Å²) in [5.74, 6) is 1.94. The van der Waals surface area contributed by atoms with Gasteiger partial charge in [-0.05, 0) is 30.0 Å². The maximum atomic E-state index is 5.72. The zero-order valence-electron chi connectivity index (χ0n) is 11.2. The molecule has 1 unspecified atom stereocenters. The summed E-state index contributed by atoms with van der Waals surface area (Å²) >= 11 is 7.31. The molecule has 0 bridgehead atoms. The van der Waals surface area contributed by atoms with Crippen molar-refractivity contribution in [3.8, 4) is 5.75 Å². The van der Waals surface area contributed by atoms with Crippen molar-refractivity contribution in [1.82, 2.24) is 4.98 Å². The van der Waals surface area contributed by atoms with Crippen molar-refractivity contribution in [2.75, 3.05) is 0 Å². The van der Waals surface area contributed by atoms with E-state index in [1.54, 1.807) is 11.3 Å². The second-order valence-electron chi connectivity index (χ2n) is 4.53. The van der Waals surface area contributed by atoms with Crippen LogP contribution in [-0.4, -0.2) is 4.98 Å². The zero-order valence-corrected chi connectivity index (χ0v) is 12.8. The lowest BCUT2D eigenvalue weighted by molar-refractivity contribution is 0.305. The highest BCUT2D eigenvalue weighted by Crippen LogP contribution is 2.22. The van der Waals surface area contributed by atoms with E-state index in [1.165, 1.54) is 5.56 Å². The zero-order chi connectivity index (χ0) is 13.7. The molecule has 2 rings (SSSR count). The maximum Gasteiger partial charge on any atom is 0.140 e. The number of halogens is 1. The van der Waals surface area contributed by atoms with Gasteiger partial charge in [-0.3, -0.25) is 0 Å². The molecule has 0 radical (unpaired) electrons. The van der Waals surface area contributed by atoms with E-state index >= 15 is 0 Å². The van der Waals surface area contributed by atoms with E-state index in [0.717, 1.165) is 22.9 Å². The Morgan fingerprint density at radius 1 is 1.32 bits per heavy atom. The van der Waals surface area contributed by atoms with E-state index in [-0.39, 0.29) is 0 Å². The largest absolute Gasteiger partial charge is 0.486 e. The molecule has 2 nitrogen and oxygen atoms in total. The van der Waals surface area contributed by atoms with Crippen LogP contribution in [0.15, 0.2) is 29.6 Å². The number of benzene rings is 1. The Hall–Kier alpha value is -1.06. The summed E-state index contributed by atoms with van der Waals surface area (Å²) in [5.41, 5.74) is 2.27. The molecule has 0 amide bonds. The van der Waals surface area contributed by atoms with Crippen LogP contribution in [0.25, 0.3) is 0 Å². The molecule has 102 valence electrons. The number of hydrogen-bond donors (Lipinski definition) is 0. The van der Waals surface area contributed by atoms with Gasteiger partial charge in [0.1, 0.15) is 17.4 Å². The smallest absolute Gasteiger partial charge is 0.140 e. The van der Waals surface area contributed by atoms with E-state index in [2.05, 4.69) is 31.0 Å².